The molecule has 0 spiro atoms. The number of methoxy groups -OCH3 is 1. The number of ether oxygens (including phenoxy) is 5. The fraction of sp³-hybridized carbons (Fsp3) is 0.679. The quantitative estimate of drug-likeness (QED) is 0.143. The summed E-state index contributed by atoms with van der Waals surface area (Å²) in [5, 5.41) is 113. The number of fused-ring (bicyclic) bond motifs is 2. The highest BCUT2D eigenvalue weighted by Gasteiger charge is 2.51. The van der Waals surface area contributed by atoms with Crippen LogP contribution in [-0.4, -0.2) is 186 Å². The molecule has 2 fully saturated rings. The number of rotatable bonds is 8. The molecule has 3 rings (SSSR count). The van der Waals surface area contributed by atoms with Crippen LogP contribution in [0.3, 0.4) is 0 Å². The van der Waals surface area contributed by atoms with Gasteiger partial charge in [-0.25, -0.2) is 0 Å². The number of esters is 2. The first-order valence-electron chi connectivity index (χ1n) is 25.6. The Kier molecular flexibility index (Phi) is 28.3. The number of cyclic esters (lactones) is 1. The topological polar surface area (TPSA) is 364 Å². The molecular formula is C53H85N3O18. The van der Waals surface area contributed by atoms with E-state index in [1.807, 2.05) is 13.0 Å². The van der Waals surface area contributed by atoms with Gasteiger partial charge in [0.1, 0.15) is 24.2 Å². The SMILES string of the molecule is COC(=O)[C@H]1C2C[C@@H](O[C@@H]3O[C@H](C)[C@@H](O)[C@H](NC(=O)C(N)CCCN)[C@@H]3O)/C=C/C=C/C=C/C=C/C=C/C=C/C=C\[C@H](C)[C@@H](O)[C@@H](C)[C@H](C)OC(=O)C[C@H](O)C[C@H](O)CC[C@H](O)[C@H](O)C[C@H](O)C[C@](O)(C[C@@H]1O)O2. The molecule has 0 aromatic rings. The first-order chi connectivity index (χ1) is 35.0. The Balaban J connectivity index is 1.94. The number of allylic oxidation sites excluding steroid dienone is 12. The molecule has 3 aliphatic heterocycles. The second-order valence-corrected chi connectivity index (χ2v) is 19.7. The molecule has 2 bridgehead atoms. The van der Waals surface area contributed by atoms with Crippen molar-refractivity contribution in [1.29, 1.82) is 0 Å². The van der Waals surface area contributed by atoms with Crippen LogP contribution in [0.5, 0.6) is 0 Å². The summed E-state index contributed by atoms with van der Waals surface area (Å²) in [6.07, 6.45) is 3.53. The first-order valence-corrected chi connectivity index (χ1v) is 25.6. The summed E-state index contributed by atoms with van der Waals surface area (Å²) < 4.78 is 28.8. The van der Waals surface area contributed by atoms with Crippen LogP contribution >= 0.6 is 0 Å². The van der Waals surface area contributed by atoms with Crippen molar-refractivity contribution in [1.82, 2.24) is 5.32 Å². The Morgan fingerprint density at radius 3 is 1.92 bits per heavy atom. The second kappa shape index (κ2) is 32.5. The Morgan fingerprint density at radius 2 is 1.32 bits per heavy atom. The van der Waals surface area contributed by atoms with Crippen molar-refractivity contribution in [2.75, 3.05) is 13.7 Å². The van der Waals surface area contributed by atoms with Gasteiger partial charge in [-0.1, -0.05) is 98.9 Å². The number of nitrogens with two attached hydrogens (primary N) is 2. The number of aliphatic hydroxyl groups excluding tert-OH is 9. The Morgan fingerprint density at radius 1 is 0.730 bits per heavy atom. The average molecular weight is 1050 g/mol. The van der Waals surface area contributed by atoms with Crippen LogP contribution in [-0.2, 0) is 38.1 Å². The number of aliphatic hydroxyl groups is 10. The Bertz CT molecular complexity index is 1910. The zero-order valence-electron chi connectivity index (χ0n) is 43.2. The number of nitrogens with one attached hydrogen (secondary N) is 1. The highest BCUT2D eigenvalue weighted by Crippen LogP contribution is 2.38. The van der Waals surface area contributed by atoms with Crippen LogP contribution < -0.4 is 16.8 Å². The van der Waals surface area contributed by atoms with Gasteiger partial charge >= 0.3 is 11.9 Å². The predicted octanol–water partition coefficient (Wildman–Crippen LogP) is 0.0238. The highest BCUT2D eigenvalue weighted by molar-refractivity contribution is 5.81. The van der Waals surface area contributed by atoms with Crippen molar-refractivity contribution < 1.29 is 89.1 Å². The second-order valence-electron chi connectivity index (χ2n) is 19.7. The van der Waals surface area contributed by atoms with Gasteiger partial charge in [-0.05, 0) is 52.5 Å². The van der Waals surface area contributed by atoms with E-state index in [9.17, 15) is 65.4 Å². The van der Waals surface area contributed by atoms with Gasteiger partial charge in [0.25, 0.3) is 0 Å². The zero-order valence-corrected chi connectivity index (χ0v) is 43.2. The monoisotopic (exact) mass is 1050 g/mol. The molecule has 21 nitrogen and oxygen atoms in total. The van der Waals surface area contributed by atoms with Gasteiger partial charge in [-0.15, -0.1) is 0 Å². The molecule has 0 aromatic heterocycles. The molecule has 0 saturated carbocycles. The third-order valence-electron chi connectivity index (χ3n) is 13.5. The van der Waals surface area contributed by atoms with Gasteiger partial charge < -0.3 is 91.5 Å². The van der Waals surface area contributed by atoms with E-state index in [-0.39, 0.29) is 38.0 Å². The third-order valence-corrected chi connectivity index (χ3v) is 13.5. The smallest absolute Gasteiger partial charge is 0.313 e. The van der Waals surface area contributed by atoms with Crippen molar-refractivity contribution >= 4 is 17.8 Å². The van der Waals surface area contributed by atoms with E-state index < -0.39 is 159 Å². The van der Waals surface area contributed by atoms with Crippen LogP contribution in [0.1, 0.15) is 91.9 Å². The largest absolute Gasteiger partial charge is 0.469 e. The van der Waals surface area contributed by atoms with Crippen molar-refractivity contribution in [3.63, 3.8) is 0 Å². The third kappa shape index (κ3) is 21.5. The Labute approximate surface area is 434 Å². The van der Waals surface area contributed by atoms with E-state index >= 15 is 0 Å². The molecule has 0 aliphatic carbocycles. The fourth-order valence-corrected chi connectivity index (χ4v) is 8.97. The van der Waals surface area contributed by atoms with Crippen LogP contribution in [0.15, 0.2) is 85.1 Å². The van der Waals surface area contributed by atoms with Crippen LogP contribution in [0.25, 0.3) is 0 Å². The lowest BCUT2D eigenvalue weighted by Crippen LogP contribution is -2.65. The van der Waals surface area contributed by atoms with Gasteiger partial charge in [-0.2, -0.15) is 0 Å². The summed E-state index contributed by atoms with van der Waals surface area (Å²) >= 11 is 0. The van der Waals surface area contributed by atoms with Crippen LogP contribution in [0.2, 0.25) is 0 Å². The lowest BCUT2D eigenvalue weighted by molar-refractivity contribution is -0.309. The minimum absolute atomic E-state index is 0.116. The maximum absolute atomic E-state index is 13.2. The molecule has 15 N–H and O–H groups in total. The number of hydrogen-bond acceptors (Lipinski definition) is 20. The molecule has 3 aliphatic rings. The van der Waals surface area contributed by atoms with Crippen molar-refractivity contribution in [3.8, 4) is 0 Å². The maximum Gasteiger partial charge on any atom is 0.313 e. The van der Waals surface area contributed by atoms with Gasteiger partial charge in [0.2, 0.25) is 5.91 Å². The number of carbonyl (C=O) groups is 3. The number of hydrogen-bond donors (Lipinski definition) is 13. The molecule has 3 heterocycles. The summed E-state index contributed by atoms with van der Waals surface area (Å²) in [4.78, 5) is 38.9. The van der Waals surface area contributed by atoms with E-state index in [4.69, 9.17) is 35.2 Å². The molecule has 0 aromatic carbocycles. The average Bonchev–Trinajstić information content (AvgIpc) is 3.33. The summed E-state index contributed by atoms with van der Waals surface area (Å²) in [5.74, 6) is -6.79. The summed E-state index contributed by atoms with van der Waals surface area (Å²) in [5.41, 5.74) is 11.6. The summed E-state index contributed by atoms with van der Waals surface area (Å²) in [6, 6.07) is -2.30. The van der Waals surface area contributed by atoms with E-state index in [0.717, 1.165) is 7.11 Å². The molecule has 74 heavy (non-hydrogen) atoms. The van der Waals surface area contributed by atoms with E-state index in [1.165, 1.54) is 13.0 Å². The minimum Gasteiger partial charge on any atom is -0.469 e. The first kappa shape index (κ1) is 64.3. The molecular weight excluding hydrogens is 967 g/mol. The normalized spacial score (nSPS) is 41.7. The lowest BCUT2D eigenvalue weighted by atomic mass is 9.82. The van der Waals surface area contributed by atoms with E-state index in [1.54, 1.807) is 86.8 Å². The van der Waals surface area contributed by atoms with E-state index in [0.29, 0.717) is 13.0 Å². The molecule has 420 valence electrons. The van der Waals surface area contributed by atoms with Gasteiger partial charge in [0, 0.05) is 37.5 Å². The molecule has 0 radical (unpaired) electrons. The van der Waals surface area contributed by atoms with Crippen LogP contribution in [0.4, 0.5) is 0 Å². The molecule has 2 saturated heterocycles. The number of amides is 1. The van der Waals surface area contributed by atoms with Crippen molar-refractivity contribution in [3.05, 3.63) is 85.1 Å². The number of carbonyl (C=O) groups excluding carboxylic acids is 3. The van der Waals surface area contributed by atoms with Crippen molar-refractivity contribution in [2.45, 2.75) is 195 Å². The fourth-order valence-electron chi connectivity index (χ4n) is 8.97. The highest BCUT2D eigenvalue weighted by atomic mass is 16.7. The standard InChI is InChI=1S/C53H85N3O18/c1-31-19-16-14-12-10-8-6-7-9-11-13-15-17-20-38(73-52-49(66)46(48(65)34(4)72-52)56-50(67)39(55)21-18-24-54)28-43-45(51(68)70-5)42(62)30-53(69,74-43)29-37(59)26-41(61)40(60)23-22-35(57)25-36(58)27-44(63)71-33(3)32(2)47(31)64/h6-17,19-20,31-43,45-49,52,57-62,64-66,69H,18,21-30,54-55H2,1-5H3,(H,56,67)/b7-6+,10-8+,11-9+,14-12+,15-13+,19-16-,20-17+/t31-,32-,33-,34+,35+,36+,37-,38-,39?,40-,41+,42-,43?,45+,46-,47+,48+,49-,52-,53+/m0/s1. The molecule has 21 heteroatoms. The summed E-state index contributed by atoms with van der Waals surface area (Å²) in [6.45, 7) is 7.01. The van der Waals surface area contributed by atoms with Crippen LogP contribution in [0, 0.1) is 17.8 Å². The minimum atomic E-state index is -2.33. The zero-order chi connectivity index (χ0) is 55.1. The predicted molar refractivity (Wildman–Crippen MR) is 272 cm³/mol. The van der Waals surface area contributed by atoms with E-state index in [2.05, 4.69) is 5.32 Å². The molecule has 1 amide bonds. The van der Waals surface area contributed by atoms with Gasteiger partial charge in [0.15, 0.2) is 12.1 Å². The van der Waals surface area contributed by atoms with Crippen molar-refractivity contribution in [2.24, 2.45) is 29.2 Å². The molecule has 2 unspecified atom stereocenters. The summed E-state index contributed by atoms with van der Waals surface area (Å²) in [7, 11) is 1.10. The molecule has 20 atom stereocenters. The van der Waals surface area contributed by atoms with Gasteiger partial charge in [-0.3, -0.25) is 14.4 Å². The lowest BCUT2D eigenvalue weighted by Gasteiger charge is -2.46. The maximum atomic E-state index is 13.2. The Hall–Kier alpha value is -4.01. The van der Waals surface area contributed by atoms with Gasteiger partial charge in [0.05, 0.1) is 86.7 Å².